The number of hydrogen-bond acceptors (Lipinski definition) is 5. The summed E-state index contributed by atoms with van der Waals surface area (Å²) >= 11 is 0. The summed E-state index contributed by atoms with van der Waals surface area (Å²) in [5.41, 5.74) is 2.24. The average molecular weight is 526 g/mol. The number of aromatic nitrogens is 1. The van der Waals surface area contributed by atoms with Crippen LogP contribution in [-0.2, 0) is 12.6 Å². The Hall–Kier alpha value is -4.41. The van der Waals surface area contributed by atoms with Gasteiger partial charge in [-0.15, -0.1) is 0 Å². The SMILES string of the molecule is CNC(=O)c1cc(N(C)C(=O)Nc2cc(C(=O)C3CCc4ccc(C(F)(F)F)cc4N3)ccc2C)ccn1. The number of halogens is 3. The minimum atomic E-state index is -4.48. The maximum atomic E-state index is 13.3. The molecule has 0 bridgehead atoms. The second kappa shape index (κ2) is 10.5. The Labute approximate surface area is 217 Å². The van der Waals surface area contributed by atoms with Crippen LogP contribution in [0.1, 0.15) is 44.0 Å². The molecular formula is C27H26F3N5O3. The molecule has 8 nitrogen and oxygen atoms in total. The van der Waals surface area contributed by atoms with E-state index in [4.69, 9.17) is 0 Å². The molecule has 1 atom stereocenters. The van der Waals surface area contributed by atoms with Crippen molar-refractivity contribution in [1.29, 1.82) is 0 Å². The molecule has 198 valence electrons. The van der Waals surface area contributed by atoms with Crippen molar-refractivity contribution in [2.75, 3.05) is 29.6 Å². The van der Waals surface area contributed by atoms with E-state index in [1.54, 1.807) is 31.2 Å². The summed E-state index contributed by atoms with van der Waals surface area (Å²) in [7, 11) is 3.01. The number of nitrogens with one attached hydrogen (secondary N) is 3. The van der Waals surface area contributed by atoms with Crippen LogP contribution >= 0.6 is 0 Å². The van der Waals surface area contributed by atoms with Gasteiger partial charge in [0.25, 0.3) is 5.91 Å². The third-order valence-corrected chi connectivity index (χ3v) is 6.44. The van der Waals surface area contributed by atoms with Crippen LogP contribution in [0.2, 0.25) is 0 Å². The number of aryl methyl sites for hydroxylation is 2. The van der Waals surface area contributed by atoms with Gasteiger partial charge in [0.15, 0.2) is 5.78 Å². The number of ketones is 1. The first-order valence-electron chi connectivity index (χ1n) is 11.8. The summed E-state index contributed by atoms with van der Waals surface area (Å²) in [6.07, 6.45) is -2.18. The van der Waals surface area contributed by atoms with Crippen LogP contribution in [0.5, 0.6) is 0 Å². The van der Waals surface area contributed by atoms with Crippen LogP contribution in [0.25, 0.3) is 0 Å². The van der Waals surface area contributed by atoms with Crippen molar-refractivity contribution < 1.29 is 27.6 Å². The zero-order chi connectivity index (χ0) is 27.6. The lowest BCUT2D eigenvalue weighted by Crippen LogP contribution is -2.34. The van der Waals surface area contributed by atoms with E-state index in [2.05, 4.69) is 20.9 Å². The monoisotopic (exact) mass is 525 g/mol. The van der Waals surface area contributed by atoms with Crippen LogP contribution < -0.4 is 20.9 Å². The van der Waals surface area contributed by atoms with Gasteiger partial charge in [0.2, 0.25) is 0 Å². The lowest BCUT2D eigenvalue weighted by Gasteiger charge is -2.27. The number of fused-ring (bicyclic) bond motifs is 1. The summed E-state index contributed by atoms with van der Waals surface area (Å²) in [5.74, 6) is -0.683. The molecule has 2 aromatic carbocycles. The zero-order valence-electron chi connectivity index (χ0n) is 20.9. The highest BCUT2D eigenvalue weighted by Crippen LogP contribution is 2.35. The fourth-order valence-corrected chi connectivity index (χ4v) is 4.17. The van der Waals surface area contributed by atoms with Gasteiger partial charge in [-0.2, -0.15) is 13.2 Å². The fourth-order valence-electron chi connectivity index (χ4n) is 4.17. The number of nitrogens with zero attached hydrogens (tertiary/aromatic N) is 2. The van der Waals surface area contributed by atoms with Crippen molar-refractivity contribution in [2.24, 2.45) is 0 Å². The first-order chi connectivity index (χ1) is 18.0. The predicted molar refractivity (Wildman–Crippen MR) is 138 cm³/mol. The Morgan fingerprint density at radius 3 is 2.55 bits per heavy atom. The molecule has 0 radical (unpaired) electrons. The highest BCUT2D eigenvalue weighted by Gasteiger charge is 2.33. The van der Waals surface area contributed by atoms with Gasteiger partial charge in [0, 0.05) is 42.9 Å². The molecule has 1 aliphatic rings. The van der Waals surface area contributed by atoms with Gasteiger partial charge >= 0.3 is 12.2 Å². The molecule has 0 fully saturated rings. The van der Waals surface area contributed by atoms with Crippen molar-refractivity contribution in [2.45, 2.75) is 32.0 Å². The van der Waals surface area contributed by atoms with Crippen molar-refractivity contribution in [3.63, 3.8) is 0 Å². The van der Waals surface area contributed by atoms with Gasteiger partial charge in [-0.25, -0.2) is 4.79 Å². The maximum absolute atomic E-state index is 13.3. The van der Waals surface area contributed by atoms with E-state index in [9.17, 15) is 27.6 Å². The van der Waals surface area contributed by atoms with Crippen molar-refractivity contribution >= 4 is 34.8 Å². The lowest BCUT2D eigenvalue weighted by molar-refractivity contribution is -0.137. The smallest absolute Gasteiger partial charge is 0.375 e. The summed E-state index contributed by atoms with van der Waals surface area (Å²) in [6.45, 7) is 1.77. The van der Waals surface area contributed by atoms with E-state index >= 15 is 0 Å². The Morgan fingerprint density at radius 2 is 1.84 bits per heavy atom. The molecule has 11 heteroatoms. The summed E-state index contributed by atoms with van der Waals surface area (Å²) in [5, 5.41) is 8.21. The van der Waals surface area contributed by atoms with Crippen molar-refractivity contribution in [1.82, 2.24) is 10.3 Å². The van der Waals surface area contributed by atoms with Crippen LogP contribution in [-0.4, -0.2) is 42.8 Å². The fraction of sp³-hybridized carbons (Fsp3) is 0.259. The number of rotatable bonds is 5. The lowest BCUT2D eigenvalue weighted by atomic mass is 9.91. The Kier molecular flexibility index (Phi) is 7.38. The number of anilines is 3. The molecule has 38 heavy (non-hydrogen) atoms. The Morgan fingerprint density at radius 1 is 1.08 bits per heavy atom. The van der Waals surface area contributed by atoms with Crippen molar-refractivity contribution in [3.05, 3.63) is 82.7 Å². The van der Waals surface area contributed by atoms with E-state index in [1.165, 1.54) is 37.3 Å². The maximum Gasteiger partial charge on any atom is 0.416 e. The van der Waals surface area contributed by atoms with E-state index in [0.717, 1.165) is 17.7 Å². The third kappa shape index (κ3) is 5.61. The van der Waals surface area contributed by atoms with Gasteiger partial charge in [-0.1, -0.05) is 18.2 Å². The van der Waals surface area contributed by atoms with Gasteiger partial charge in [0.1, 0.15) is 5.69 Å². The molecule has 1 aromatic heterocycles. The minimum absolute atomic E-state index is 0.150. The van der Waals surface area contributed by atoms with Gasteiger partial charge in [0.05, 0.1) is 11.6 Å². The topological polar surface area (TPSA) is 103 Å². The number of pyridine rings is 1. The number of benzene rings is 2. The third-order valence-electron chi connectivity index (χ3n) is 6.44. The molecule has 3 N–H and O–H groups in total. The molecule has 2 heterocycles. The molecule has 0 saturated heterocycles. The summed E-state index contributed by atoms with van der Waals surface area (Å²) < 4.78 is 39.4. The molecule has 3 aromatic rings. The molecule has 3 amide bonds. The van der Waals surface area contributed by atoms with E-state index in [0.29, 0.717) is 41.0 Å². The Balaban J connectivity index is 1.50. The van der Waals surface area contributed by atoms with Crippen LogP contribution in [0.15, 0.2) is 54.7 Å². The van der Waals surface area contributed by atoms with E-state index in [-0.39, 0.29) is 11.5 Å². The number of carbonyl (C=O) groups excluding carboxylic acids is 3. The molecule has 4 rings (SSSR count). The second-order valence-electron chi connectivity index (χ2n) is 8.97. The molecule has 1 unspecified atom stereocenters. The number of urea groups is 1. The summed E-state index contributed by atoms with van der Waals surface area (Å²) in [6, 6.07) is 10.2. The van der Waals surface area contributed by atoms with Gasteiger partial charge in [-0.3, -0.25) is 19.5 Å². The Bertz CT molecular complexity index is 1410. The normalized spacial score (nSPS) is 14.6. The van der Waals surface area contributed by atoms with Gasteiger partial charge < -0.3 is 16.0 Å². The van der Waals surface area contributed by atoms with Crippen LogP contribution in [0.3, 0.4) is 0 Å². The van der Waals surface area contributed by atoms with E-state index in [1.807, 2.05) is 0 Å². The number of carbonyl (C=O) groups is 3. The zero-order valence-corrected chi connectivity index (χ0v) is 20.9. The molecule has 0 spiro atoms. The van der Waals surface area contributed by atoms with E-state index < -0.39 is 29.7 Å². The number of Topliss-reactive ketones (excluding diaryl/α,β-unsaturated/α-hetero) is 1. The number of hydrogen-bond donors (Lipinski definition) is 3. The average Bonchev–Trinajstić information content (AvgIpc) is 2.91. The van der Waals surface area contributed by atoms with Crippen LogP contribution in [0, 0.1) is 6.92 Å². The second-order valence-corrected chi connectivity index (χ2v) is 8.97. The number of amides is 3. The highest BCUT2D eigenvalue weighted by molar-refractivity contribution is 6.06. The van der Waals surface area contributed by atoms with Gasteiger partial charge in [-0.05, 0) is 61.2 Å². The first kappa shape index (κ1) is 26.6. The van der Waals surface area contributed by atoms with Crippen LogP contribution in [0.4, 0.5) is 35.0 Å². The number of alkyl halides is 3. The molecule has 0 aliphatic carbocycles. The first-order valence-corrected chi connectivity index (χ1v) is 11.8. The molecular weight excluding hydrogens is 499 g/mol. The molecule has 1 aliphatic heterocycles. The standard InChI is InChI=1S/C27H26F3N5O3/c1-15-4-5-17(24(36)20-9-7-16-6-8-18(27(28,29)30)13-22(16)33-20)12-21(15)34-26(38)35(3)19-10-11-32-23(14-19)25(37)31-2/h4-6,8,10-14,20,33H,7,9H2,1-3H3,(H,31,37)(H,34,38). The quantitative estimate of drug-likeness (QED) is 0.405. The largest absolute Gasteiger partial charge is 0.416 e. The summed E-state index contributed by atoms with van der Waals surface area (Å²) in [4.78, 5) is 43.4. The minimum Gasteiger partial charge on any atom is -0.375 e. The van der Waals surface area contributed by atoms with Crippen molar-refractivity contribution in [3.8, 4) is 0 Å². The molecule has 0 saturated carbocycles. The highest BCUT2D eigenvalue weighted by atomic mass is 19.4. The predicted octanol–water partition coefficient (Wildman–Crippen LogP) is 5.05.